The zero-order chi connectivity index (χ0) is 16.8. The molecular formula is C14H19ClN4O5. The maximum Gasteiger partial charge on any atom is 0.271 e. The van der Waals surface area contributed by atoms with E-state index in [1.807, 2.05) is 0 Å². The Labute approximate surface area is 144 Å². The van der Waals surface area contributed by atoms with E-state index in [0.29, 0.717) is 18.8 Å². The first-order valence-corrected chi connectivity index (χ1v) is 7.21. The number of nitro benzene ring substituents is 1. The molecule has 1 aliphatic rings. The van der Waals surface area contributed by atoms with Gasteiger partial charge in [-0.1, -0.05) is 0 Å². The van der Waals surface area contributed by atoms with Crippen LogP contribution >= 0.6 is 12.4 Å². The van der Waals surface area contributed by atoms with E-state index in [-0.39, 0.29) is 42.8 Å². The highest BCUT2D eigenvalue weighted by atomic mass is 35.5. The summed E-state index contributed by atoms with van der Waals surface area (Å²) in [5, 5.41) is 13.6. The monoisotopic (exact) mass is 358 g/mol. The number of hydrogen-bond donors (Lipinski definition) is 2. The fourth-order valence-electron chi connectivity index (χ4n) is 2.17. The van der Waals surface area contributed by atoms with Gasteiger partial charge in [0.1, 0.15) is 12.3 Å². The van der Waals surface area contributed by atoms with Gasteiger partial charge in [-0.25, -0.2) is 0 Å². The van der Waals surface area contributed by atoms with Crippen molar-refractivity contribution in [2.24, 2.45) is 5.73 Å². The van der Waals surface area contributed by atoms with Gasteiger partial charge in [-0.05, 0) is 25.5 Å². The van der Waals surface area contributed by atoms with Gasteiger partial charge in [-0.15, -0.1) is 12.4 Å². The number of carbonyl (C=O) groups is 2. The summed E-state index contributed by atoms with van der Waals surface area (Å²) in [7, 11) is 0. The van der Waals surface area contributed by atoms with Crippen LogP contribution in [0.15, 0.2) is 18.2 Å². The number of benzene rings is 1. The molecule has 1 aliphatic heterocycles. The van der Waals surface area contributed by atoms with Gasteiger partial charge in [-0.3, -0.25) is 24.6 Å². The highest BCUT2D eigenvalue weighted by Gasteiger charge is 2.29. The summed E-state index contributed by atoms with van der Waals surface area (Å²) in [4.78, 5) is 35.4. The molecule has 9 nitrogen and oxygen atoms in total. The van der Waals surface area contributed by atoms with Crippen molar-refractivity contribution >= 4 is 35.6 Å². The number of amides is 2. The highest BCUT2D eigenvalue weighted by molar-refractivity contribution is 6.02. The van der Waals surface area contributed by atoms with Crippen molar-refractivity contribution in [3.63, 3.8) is 0 Å². The van der Waals surface area contributed by atoms with E-state index in [0.717, 1.165) is 12.8 Å². The van der Waals surface area contributed by atoms with Crippen LogP contribution in [-0.4, -0.2) is 43.0 Å². The fourth-order valence-corrected chi connectivity index (χ4v) is 2.17. The number of nitro groups is 1. The van der Waals surface area contributed by atoms with E-state index in [2.05, 4.69) is 5.32 Å². The van der Waals surface area contributed by atoms with Crippen LogP contribution in [0.3, 0.4) is 0 Å². The van der Waals surface area contributed by atoms with E-state index in [4.69, 9.17) is 10.5 Å². The van der Waals surface area contributed by atoms with E-state index >= 15 is 0 Å². The number of nitrogens with zero attached hydrogens (tertiary/aromatic N) is 2. The number of nitrogens with one attached hydrogen (secondary N) is 1. The lowest BCUT2D eigenvalue weighted by Crippen LogP contribution is -2.45. The molecule has 0 spiro atoms. The Kier molecular flexibility index (Phi) is 7.40. The smallest absolute Gasteiger partial charge is 0.271 e. The molecule has 132 valence electrons. The van der Waals surface area contributed by atoms with Gasteiger partial charge in [-0.2, -0.15) is 0 Å². The van der Waals surface area contributed by atoms with Gasteiger partial charge in [0.2, 0.25) is 5.91 Å². The Morgan fingerprint density at radius 2 is 2.17 bits per heavy atom. The highest BCUT2D eigenvalue weighted by Crippen LogP contribution is 2.34. The number of anilines is 1. The van der Waals surface area contributed by atoms with Crippen LogP contribution in [0.4, 0.5) is 11.4 Å². The maximum absolute atomic E-state index is 12.0. The average Bonchev–Trinajstić information content (AvgIpc) is 2.53. The van der Waals surface area contributed by atoms with Gasteiger partial charge in [0.25, 0.3) is 11.6 Å². The van der Waals surface area contributed by atoms with Crippen molar-refractivity contribution in [2.75, 3.05) is 31.1 Å². The number of ether oxygens (including phenoxy) is 1. The first kappa shape index (κ1) is 19.7. The number of halogens is 1. The molecule has 3 N–H and O–H groups in total. The van der Waals surface area contributed by atoms with Crippen LogP contribution < -0.4 is 20.7 Å². The van der Waals surface area contributed by atoms with Crippen LogP contribution in [0.5, 0.6) is 5.75 Å². The second-order valence-electron chi connectivity index (χ2n) is 5.02. The van der Waals surface area contributed by atoms with Crippen LogP contribution in [0, 0.1) is 10.1 Å². The summed E-state index contributed by atoms with van der Waals surface area (Å²) in [6.45, 7) is 0.607. The van der Waals surface area contributed by atoms with E-state index < -0.39 is 10.8 Å². The van der Waals surface area contributed by atoms with Crippen molar-refractivity contribution in [1.29, 1.82) is 0 Å². The zero-order valence-corrected chi connectivity index (χ0v) is 13.7. The SMILES string of the molecule is Cl.NCCCCNC(=O)CN1C(=O)COc2ccc([N+](=O)[O-])cc21. The molecule has 1 heterocycles. The summed E-state index contributed by atoms with van der Waals surface area (Å²) >= 11 is 0. The summed E-state index contributed by atoms with van der Waals surface area (Å²) in [5.41, 5.74) is 5.43. The number of rotatable bonds is 7. The minimum absolute atomic E-state index is 0. The minimum atomic E-state index is -0.565. The first-order chi connectivity index (χ1) is 11.0. The second kappa shape index (κ2) is 9.04. The molecule has 0 saturated carbocycles. The van der Waals surface area contributed by atoms with Crippen molar-refractivity contribution in [1.82, 2.24) is 5.32 Å². The molecule has 2 rings (SSSR count). The first-order valence-electron chi connectivity index (χ1n) is 7.21. The van der Waals surface area contributed by atoms with Gasteiger partial charge in [0, 0.05) is 18.7 Å². The quantitative estimate of drug-likeness (QED) is 0.417. The zero-order valence-electron chi connectivity index (χ0n) is 12.9. The molecular weight excluding hydrogens is 340 g/mol. The standard InChI is InChI=1S/C14H18N4O5.ClH/c15-5-1-2-6-16-13(19)8-17-11-7-10(18(21)22)3-4-12(11)23-9-14(17)20;/h3-4,7H,1-2,5-6,8-9,15H2,(H,16,19);1H. The van der Waals surface area contributed by atoms with Gasteiger partial charge < -0.3 is 15.8 Å². The summed E-state index contributed by atoms with van der Waals surface area (Å²) < 4.78 is 5.24. The molecule has 1 aromatic rings. The van der Waals surface area contributed by atoms with E-state index in [1.54, 1.807) is 0 Å². The molecule has 0 atom stereocenters. The minimum Gasteiger partial charge on any atom is -0.482 e. The fraction of sp³-hybridized carbons (Fsp3) is 0.429. The molecule has 1 aromatic carbocycles. The van der Waals surface area contributed by atoms with Crippen molar-refractivity contribution in [3.05, 3.63) is 28.3 Å². The van der Waals surface area contributed by atoms with Crippen LogP contribution in [0.2, 0.25) is 0 Å². The third-order valence-electron chi connectivity index (χ3n) is 3.35. The average molecular weight is 359 g/mol. The normalized spacial score (nSPS) is 12.7. The molecule has 2 amide bonds. The van der Waals surface area contributed by atoms with E-state index in [1.165, 1.54) is 23.1 Å². The summed E-state index contributed by atoms with van der Waals surface area (Å²) in [6.07, 6.45) is 1.55. The van der Waals surface area contributed by atoms with Crippen LogP contribution in [-0.2, 0) is 9.59 Å². The number of hydrogen-bond acceptors (Lipinski definition) is 6. The van der Waals surface area contributed by atoms with E-state index in [9.17, 15) is 19.7 Å². The van der Waals surface area contributed by atoms with Crippen LogP contribution in [0.25, 0.3) is 0 Å². The molecule has 0 radical (unpaired) electrons. The Morgan fingerprint density at radius 1 is 1.42 bits per heavy atom. The molecule has 0 fully saturated rings. The topological polar surface area (TPSA) is 128 Å². The Bertz CT molecular complexity index is 625. The third-order valence-corrected chi connectivity index (χ3v) is 3.35. The lowest BCUT2D eigenvalue weighted by atomic mass is 10.2. The summed E-state index contributed by atoms with van der Waals surface area (Å²) in [5.74, 6) is -0.420. The van der Waals surface area contributed by atoms with Gasteiger partial charge >= 0.3 is 0 Å². The molecule has 0 saturated heterocycles. The largest absolute Gasteiger partial charge is 0.482 e. The molecule has 0 aromatic heterocycles. The molecule has 10 heteroatoms. The Balaban J connectivity index is 0.00000288. The lowest BCUT2D eigenvalue weighted by molar-refractivity contribution is -0.384. The Hall–Kier alpha value is -2.39. The summed E-state index contributed by atoms with van der Waals surface area (Å²) in [6, 6.07) is 3.94. The lowest BCUT2D eigenvalue weighted by Gasteiger charge is -2.28. The van der Waals surface area contributed by atoms with Crippen molar-refractivity contribution < 1.29 is 19.2 Å². The molecule has 24 heavy (non-hydrogen) atoms. The number of fused-ring (bicyclic) bond motifs is 1. The maximum atomic E-state index is 12.0. The number of nitrogens with two attached hydrogens (primary N) is 1. The Morgan fingerprint density at radius 3 is 2.83 bits per heavy atom. The van der Waals surface area contributed by atoms with Crippen molar-refractivity contribution in [3.8, 4) is 5.75 Å². The van der Waals surface area contributed by atoms with Gasteiger partial charge in [0.05, 0.1) is 10.6 Å². The molecule has 0 bridgehead atoms. The number of carbonyl (C=O) groups excluding carboxylic acids is 2. The van der Waals surface area contributed by atoms with Crippen LogP contribution in [0.1, 0.15) is 12.8 Å². The predicted molar refractivity (Wildman–Crippen MR) is 89.5 cm³/mol. The predicted octanol–water partition coefficient (Wildman–Crippen LogP) is 0.597. The third kappa shape index (κ3) is 4.80. The molecule has 0 unspecified atom stereocenters. The number of unbranched alkanes of at least 4 members (excludes halogenated alkanes) is 1. The van der Waals surface area contributed by atoms with Crippen molar-refractivity contribution in [2.45, 2.75) is 12.8 Å². The van der Waals surface area contributed by atoms with Gasteiger partial charge in [0.15, 0.2) is 6.61 Å². The molecule has 0 aliphatic carbocycles. The number of non-ortho nitro benzene ring substituents is 1. The second-order valence-corrected chi connectivity index (χ2v) is 5.02.